The first-order valence-corrected chi connectivity index (χ1v) is 11.6. The van der Waals surface area contributed by atoms with E-state index in [-0.39, 0.29) is 10.6 Å². The van der Waals surface area contributed by atoms with Gasteiger partial charge in [-0.05, 0) is 24.3 Å². The molecule has 0 bridgehead atoms. The molecule has 0 saturated heterocycles. The van der Waals surface area contributed by atoms with Gasteiger partial charge in [-0.15, -0.1) is 11.3 Å². The number of hydrogen-bond donors (Lipinski definition) is 2. The quantitative estimate of drug-likeness (QED) is 0.753. The number of nitrogens with two attached hydrogens (primary N) is 1. The molecule has 6 nitrogen and oxygen atoms in total. The smallest absolute Gasteiger partial charge is 0.238 e. The topological polar surface area (TPSA) is 106 Å². The van der Waals surface area contributed by atoms with Gasteiger partial charge in [-0.25, -0.2) is 22.0 Å². The molecule has 0 spiro atoms. The average molecular weight is 433 g/mol. The number of sulfonamides is 2. The van der Waals surface area contributed by atoms with Crippen LogP contribution in [-0.2, 0) is 20.0 Å². The average Bonchev–Trinajstić information content (AvgIpc) is 2.67. The van der Waals surface area contributed by atoms with Gasteiger partial charge in [0.25, 0.3) is 0 Å². The van der Waals surface area contributed by atoms with Gasteiger partial charge >= 0.3 is 0 Å². The molecule has 1 aromatic carbocycles. The Bertz CT molecular complexity index is 954. The van der Waals surface area contributed by atoms with Crippen molar-refractivity contribution >= 4 is 72.0 Å². The summed E-state index contributed by atoms with van der Waals surface area (Å²) in [4.78, 5) is 0.195. The van der Waals surface area contributed by atoms with Gasteiger partial charge in [-0.3, -0.25) is 4.72 Å². The van der Waals surface area contributed by atoms with Crippen molar-refractivity contribution in [1.82, 2.24) is 0 Å². The van der Waals surface area contributed by atoms with Crippen molar-refractivity contribution in [3.63, 3.8) is 0 Å². The van der Waals surface area contributed by atoms with Crippen molar-refractivity contribution in [2.45, 2.75) is 14.0 Å². The fraction of sp³-hybridized carbons (Fsp3) is 0.0909. The molecule has 12 heteroatoms. The Hall–Kier alpha value is -0.490. The van der Waals surface area contributed by atoms with E-state index in [1.807, 2.05) is 0 Å². The molecular formula is C11H10Cl2N2O4S4. The van der Waals surface area contributed by atoms with E-state index >= 15 is 0 Å². The number of anilines is 1. The van der Waals surface area contributed by atoms with Crippen LogP contribution in [0.3, 0.4) is 0 Å². The van der Waals surface area contributed by atoms with Gasteiger partial charge < -0.3 is 0 Å². The molecule has 0 atom stereocenters. The van der Waals surface area contributed by atoms with Crippen molar-refractivity contribution in [2.24, 2.45) is 5.14 Å². The van der Waals surface area contributed by atoms with Crippen LogP contribution in [0.25, 0.3) is 0 Å². The molecule has 3 N–H and O–H groups in total. The molecule has 126 valence electrons. The first kappa shape index (κ1) is 18.8. The van der Waals surface area contributed by atoms with Crippen LogP contribution >= 0.6 is 46.3 Å². The van der Waals surface area contributed by atoms with E-state index in [0.29, 0.717) is 18.5 Å². The molecule has 0 aliphatic rings. The van der Waals surface area contributed by atoms with Crippen molar-refractivity contribution in [2.75, 3.05) is 11.0 Å². The summed E-state index contributed by atoms with van der Waals surface area (Å²) in [7, 11) is -7.47. The van der Waals surface area contributed by atoms with E-state index in [2.05, 4.69) is 4.72 Å². The highest BCUT2D eigenvalue weighted by Gasteiger charge is 2.17. The Labute approximate surface area is 152 Å². The number of halogens is 2. The van der Waals surface area contributed by atoms with E-state index in [9.17, 15) is 16.8 Å². The van der Waals surface area contributed by atoms with Crippen molar-refractivity contribution in [1.29, 1.82) is 0 Å². The first-order valence-electron chi connectivity index (χ1n) is 5.73. The minimum atomic E-state index is -3.93. The fourth-order valence-electron chi connectivity index (χ4n) is 1.54. The third kappa shape index (κ3) is 5.24. The highest BCUT2D eigenvalue weighted by Crippen LogP contribution is 2.44. The largest absolute Gasteiger partial charge is 0.283 e. The maximum absolute atomic E-state index is 11.5. The van der Waals surface area contributed by atoms with E-state index < -0.39 is 20.0 Å². The number of nitrogens with one attached hydrogen (secondary N) is 1. The van der Waals surface area contributed by atoms with Gasteiger partial charge in [-0.2, -0.15) is 0 Å². The zero-order valence-corrected chi connectivity index (χ0v) is 16.2. The molecule has 0 fully saturated rings. The van der Waals surface area contributed by atoms with Crippen LogP contribution in [0.5, 0.6) is 0 Å². The predicted octanol–water partition coefficient (Wildman–Crippen LogP) is 3.23. The number of primary sulfonamides is 1. The lowest BCUT2D eigenvalue weighted by Gasteiger charge is -2.11. The van der Waals surface area contributed by atoms with Gasteiger partial charge in [0.2, 0.25) is 20.0 Å². The zero-order chi connectivity index (χ0) is 17.4. The van der Waals surface area contributed by atoms with Crippen molar-refractivity contribution < 1.29 is 16.8 Å². The SMILES string of the molecule is CS(=O)(=O)Nc1ccc(S(N)(=O)=O)cc1Sc1sc(Cl)cc1Cl. The van der Waals surface area contributed by atoms with Gasteiger partial charge in [0.1, 0.15) is 0 Å². The molecule has 0 radical (unpaired) electrons. The second-order valence-corrected chi connectivity index (χ2v) is 11.1. The first-order chi connectivity index (χ1) is 10.5. The Morgan fingerprint density at radius 2 is 1.83 bits per heavy atom. The Morgan fingerprint density at radius 3 is 2.30 bits per heavy atom. The van der Waals surface area contributed by atoms with Crippen molar-refractivity contribution in [3.8, 4) is 0 Å². The number of rotatable bonds is 5. The summed E-state index contributed by atoms with van der Waals surface area (Å²) >= 11 is 14.2. The van der Waals surface area contributed by atoms with E-state index in [1.54, 1.807) is 6.07 Å². The fourth-order valence-corrected chi connectivity index (χ4v) is 5.73. The summed E-state index contributed by atoms with van der Waals surface area (Å²) in [6, 6.07) is 5.36. The molecule has 1 heterocycles. The molecule has 0 amide bonds. The molecular weight excluding hydrogens is 423 g/mol. The van der Waals surface area contributed by atoms with Gasteiger partial charge in [-0.1, -0.05) is 35.0 Å². The van der Waals surface area contributed by atoms with Gasteiger partial charge in [0, 0.05) is 4.90 Å². The lowest BCUT2D eigenvalue weighted by Crippen LogP contribution is -2.14. The molecule has 2 rings (SSSR count). The molecule has 0 aliphatic carbocycles. The van der Waals surface area contributed by atoms with E-state index in [0.717, 1.165) is 18.0 Å². The number of thiophene rings is 1. The van der Waals surface area contributed by atoms with Crippen LogP contribution < -0.4 is 9.86 Å². The normalized spacial score (nSPS) is 12.3. The van der Waals surface area contributed by atoms with E-state index in [4.69, 9.17) is 28.3 Å². The lowest BCUT2D eigenvalue weighted by molar-refractivity contribution is 0.597. The molecule has 23 heavy (non-hydrogen) atoms. The van der Waals surface area contributed by atoms with Crippen LogP contribution in [0.1, 0.15) is 0 Å². The van der Waals surface area contributed by atoms with Crippen molar-refractivity contribution in [3.05, 3.63) is 33.6 Å². The van der Waals surface area contributed by atoms with Crippen LogP contribution in [0.15, 0.2) is 38.3 Å². The minimum Gasteiger partial charge on any atom is -0.283 e. The maximum Gasteiger partial charge on any atom is 0.238 e. The van der Waals surface area contributed by atoms with Gasteiger partial charge in [0.15, 0.2) is 0 Å². The molecule has 2 aromatic rings. The lowest BCUT2D eigenvalue weighted by atomic mass is 10.3. The summed E-state index contributed by atoms with van der Waals surface area (Å²) in [6.45, 7) is 0. The maximum atomic E-state index is 11.5. The van der Waals surface area contributed by atoms with Gasteiger partial charge in [0.05, 0.1) is 30.4 Å². The van der Waals surface area contributed by atoms with Crippen LogP contribution in [0, 0.1) is 0 Å². The highest BCUT2D eigenvalue weighted by molar-refractivity contribution is 8.01. The summed E-state index contributed by atoms with van der Waals surface area (Å²) < 4.78 is 49.3. The monoisotopic (exact) mass is 432 g/mol. The second-order valence-electron chi connectivity index (χ2n) is 4.37. The Balaban J connectivity index is 2.54. The van der Waals surface area contributed by atoms with Crippen LogP contribution in [0.2, 0.25) is 9.36 Å². The number of hydrogen-bond acceptors (Lipinski definition) is 6. The Kier molecular flexibility index (Phi) is 5.56. The zero-order valence-electron chi connectivity index (χ0n) is 11.4. The summed E-state index contributed by atoms with van der Waals surface area (Å²) in [5.41, 5.74) is 0.213. The molecule has 1 aromatic heterocycles. The highest BCUT2D eigenvalue weighted by atomic mass is 35.5. The summed E-state index contributed by atoms with van der Waals surface area (Å²) in [6.07, 6.45) is 0.990. The second kappa shape index (κ2) is 6.79. The van der Waals surface area contributed by atoms with Crippen LogP contribution in [-0.4, -0.2) is 23.1 Å². The van der Waals surface area contributed by atoms with Crippen LogP contribution in [0.4, 0.5) is 5.69 Å². The third-order valence-electron chi connectivity index (χ3n) is 2.41. The Morgan fingerprint density at radius 1 is 1.17 bits per heavy atom. The van der Waals surface area contributed by atoms with E-state index in [1.165, 1.54) is 29.5 Å². The molecule has 0 unspecified atom stereocenters. The summed E-state index contributed by atoms with van der Waals surface area (Å²) in [5, 5.41) is 5.50. The minimum absolute atomic E-state index is 0.141. The molecule has 0 aliphatic heterocycles. The summed E-state index contributed by atoms with van der Waals surface area (Å²) in [5.74, 6) is 0. The standard InChI is InChI=1S/C11H10Cl2N2O4S4/c1-22(16,17)15-8-3-2-6(23(14,18)19)4-9(8)20-11-7(12)5-10(13)21-11/h2-5,15H,1H3,(H2,14,18,19). The number of benzene rings is 1. The third-order valence-corrected chi connectivity index (χ3v) is 6.95. The predicted molar refractivity (Wildman–Crippen MR) is 94.7 cm³/mol. The molecule has 0 saturated carbocycles.